The largest absolute Gasteiger partial charge is 0.493 e. The second-order valence-corrected chi connectivity index (χ2v) is 8.05. The number of hydrogen-bond acceptors (Lipinski definition) is 10. The number of rotatable bonds is 8. The summed E-state index contributed by atoms with van der Waals surface area (Å²) < 4.78 is 33.8. The first-order valence-corrected chi connectivity index (χ1v) is 11.2. The Labute approximate surface area is 204 Å². The first-order valence-electron chi connectivity index (χ1n) is 11.2. The van der Waals surface area contributed by atoms with E-state index in [2.05, 4.69) is 16.9 Å². The van der Waals surface area contributed by atoms with Crippen LogP contribution in [0.3, 0.4) is 0 Å². The van der Waals surface area contributed by atoms with Gasteiger partial charge < -0.3 is 34.2 Å². The molecule has 0 spiro atoms. The predicted molar refractivity (Wildman–Crippen MR) is 127 cm³/mol. The highest BCUT2D eigenvalue weighted by atomic mass is 16.5. The molecular formula is C25H30N4O6. The smallest absolute Gasteiger partial charge is 0.203 e. The van der Waals surface area contributed by atoms with Crippen molar-refractivity contribution in [3.63, 3.8) is 0 Å². The van der Waals surface area contributed by atoms with Crippen LogP contribution in [-0.2, 0) is 4.74 Å². The van der Waals surface area contributed by atoms with E-state index in [1.807, 2.05) is 37.3 Å². The second-order valence-electron chi connectivity index (χ2n) is 8.05. The van der Waals surface area contributed by atoms with E-state index < -0.39 is 12.1 Å². The normalized spacial score (nSPS) is 23.1. The second kappa shape index (κ2) is 10.2. The van der Waals surface area contributed by atoms with Gasteiger partial charge in [-0.05, 0) is 42.3 Å². The van der Waals surface area contributed by atoms with Crippen molar-refractivity contribution in [3.05, 3.63) is 52.9 Å². The van der Waals surface area contributed by atoms with Gasteiger partial charge in [0, 0.05) is 11.8 Å². The minimum absolute atomic E-state index is 0.0757. The monoisotopic (exact) mass is 482 g/mol. The fourth-order valence-corrected chi connectivity index (χ4v) is 4.81. The van der Waals surface area contributed by atoms with Crippen LogP contribution >= 0.6 is 0 Å². The van der Waals surface area contributed by atoms with E-state index in [1.165, 1.54) is 0 Å². The summed E-state index contributed by atoms with van der Waals surface area (Å²) in [5.41, 5.74) is 14.7. The van der Waals surface area contributed by atoms with E-state index in [4.69, 9.17) is 34.2 Å². The summed E-state index contributed by atoms with van der Waals surface area (Å²) in [6.45, 7) is 2.44. The Bertz CT molecular complexity index is 1140. The number of nitrogens with two attached hydrogens (primary N) is 1. The number of methoxy groups -OCH3 is 4. The zero-order valence-electron chi connectivity index (χ0n) is 20.4. The van der Waals surface area contributed by atoms with Crippen LogP contribution in [0.4, 0.5) is 0 Å². The minimum atomic E-state index is -0.487. The van der Waals surface area contributed by atoms with Crippen LogP contribution in [0.15, 0.2) is 41.8 Å². The number of fused-ring (bicyclic) bond motifs is 1. The van der Waals surface area contributed by atoms with Crippen molar-refractivity contribution >= 4 is 0 Å². The molecule has 0 amide bonds. The maximum atomic E-state index is 10.1. The summed E-state index contributed by atoms with van der Waals surface area (Å²) in [7, 11) is 6.25. The van der Waals surface area contributed by atoms with Crippen LogP contribution < -0.4 is 40.3 Å². The Morgan fingerprint density at radius 3 is 2.14 bits per heavy atom. The topological polar surface area (TPSA) is 129 Å². The summed E-state index contributed by atoms with van der Waals surface area (Å²) in [6, 6.07) is 11.5. The van der Waals surface area contributed by atoms with Crippen molar-refractivity contribution in [2.45, 2.75) is 25.1 Å². The molecule has 4 N–H and O–H groups in total. The maximum Gasteiger partial charge on any atom is 0.203 e. The summed E-state index contributed by atoms with van der Waals surface area (Å²) >= 11 is 0. The summed E-state index contributed by atoms with van der Waals surface area (Å²) in [4.78, 5) is 0. The fourth-order valence-electron chi connectivity index (χ4n) is 4.81. The quantitative estimate of drug-likeness (QED) is 0.516. The number of hydrazine groups is 1. The number of benzene rings is 2. The van der Waals surface area contributed by atoms with Crippen LogP contribution in [0.2, 0.25) is 0 Å². The first-order chi connectivity index (χ1) is 17.0. The van der Waals surface area contributed by atoms with Gasteiger partial charge >= 0.3 is 0 Å². The lowest BCUT2D eigenvalue weighted by Crippen LogP contribution is -2.41. The lowest BCUT2D eigenvalue weighted by atomic mass is 9.74. The third-order valence-electron chi connectivity index (χ3n) is 6.34. The Hall–Kier alpha value is -3.81. The Morgan fingerprint density at radius 2 is 1.57 bits per heavy atom. The molecule has 4 rings (SSSR count). The number of allylic oxidation sites excluding steroid dienone is 1. The molecule has 10 nitrogen and oxygen atoms in total. The van der Waals surface area contributed by atoms with E-state index in [0.29, 0.717) is 40.9 Å². The third-order valence-corrected chi connectivity index (χ3v) is 6.34. The van der Waals surface area contributed by atoms with Gasteiger partial charge in [0.25, 0.3) is 0 Å². The van der Waals surface area contributed by atoms with Gasteiger partial charge in [-0.3, -0.25) is 0 Å². The number of nitriles is 1. The SMILES string of the molecule is CCOc1ccc(C2NNC3OC(N)=C(C#N)C(c4cc(OC)c(OC)c(OC)c4)C32)cc1OC. The van der Waals surface area contributed by atoms with Gasteiger partial charge in [0.1, 0.15) is 6.07 Å². The molecule has 1 fully saturated rings. The average molecular weight is 483 g/mol. The molecule has 1 saturated heterocycles. The Balaban J connectivity index is 1.84. The minimum Gasteiger partial charge on any atom is -0.493 e. The molecular weight excluding hydrogens is 452 g/mol. The molecule has 4 atom stereocenters. The number of nitrogens with one attached hydrogen (secondary N) is 2. The molecule has 0 radical (unpaired) electrons. The molecule has 186 valence electrons. The Kier molecular flexibility index (Phi) is 7.10. The van der Waals surface area contributed by atoms with Crippen LogP contribution in [-0.4, -0.2) is 41.3 Å². The highest BCUT2D eigenvalue weighted by Crippen LogP contribution is 2.50. The zero-order chi connectivity index (χ0) is 25.1. The summed E-state index contributed by atoms with van der Waals surface area (Å²) in [5, 5.41) is 10.1. The van der Waals surface area contributed by atoms with Crippen molar-refractivity contribution in [2.75, 3.05) is 35.0 Å². The van der Waals surface area contributed by atoms with E-state index in [0.717, 1.165) is 11.1 Å². The van der Waals surface area contributed by atoms with Gasteiger partial charge in [0.15, 0.2) is 29.2 Å². The predicted octanol–water partition coefficient (Wildman–Crippen LogP) is 2.72. The van der Waals surface area contributed by atoms with Crippen LogP contribution in [0.25, 0.3) is 0 Å². The van der Waals surface area contributed by atoms with Crippen molar-refractivity contribution in [2.24, 2.45) is 11.7 Å². The van der Waals surface area contributed by atoms with Gasteiger partial charge in [0.2, 0.25) is 11.6 Å². The van der Waals surface area contributed by atoms with Crippen molar-refractivity contribution in [1.82, 2.24) is 10.9 Å². The molecule has 2 heterocycles. The van der Waals surface area contributed by atoms with Crippen molar-refractivity contribution in [3.8, 4) is 34.8 Å². The van der Waals surface area contributed by atoms with Crippen molar-refractivity contribution in [1.29, 1.82) is 5.26 Å². The van der Waals surface area contributed by atoms with Crippen LogP contribution in [0.5, 0.6) is 28.7 Å². The number of nitrogens with zero attached hydrogens (tertiary/aromatic N) is 1. The lowest BCUT2D eigenvalue weighted by Gasteiger charge is -2.36. The molecule has 0 aromatic heterocycles. The number of ether oxygens (including phenoxy) is 6. The van der Waals surface area contributed by atoms with Gasteiger partial charge in [-0.15, -0.1) is 0 Å². The highest BCUT2D eigenvalue weighted by molar-refractivity contribution is 5.57. The average Bonchev–Trinajstić information content (AvgIpc) is 3.30. The van der Waals surface area contributed by atoms with Gasteiger partial charge in [0.05, 0.1) is 46.7 Å². The third kappa shape index (κ3) is 4.24. The Morgan fingerprint density at radius 1 is 0.914 bits per heavy atom. The van der Waals surface area contributed by atoms with Gasteiger partial charge in [-0.1, -0.05) is 6.07 Å². The van der Waals surface area contributed by atoms with Gasteiger partial charge in [-0.2, -0.15) is 5.26 Å². The molecule has 0 saturated carbocycles. The standard InChI is InChI=1S/C25H30N4O6/c1-6-34-16-8-7-13(9-17(16)30-2)22-21-20(15(12-26)24(27)35-25(21)29-28-22)14-10-18(31-3)23(33-5)19(11-14)32-4/h7-11,20-22,25,28-29H,6,27H2,1-5H3. The van der Waals surface area contributed by atoms with E-state index >= 15 is 0 Å². The molecule has 0 aliphatic carbocycles. The number of hydrogen-bond donors (Lipinski definition) is 3. The molecule has 0 bridgehead atoms. The summed E-state index contributed by atoms with van der Waals surface area (Å²) in [6.07, 6.45) is -0.487. The van der Waals surface area contributed by atoms with E-state index in [1.54, 1.807) is 28.4 Å². The fraction of sp³-hybridized carbons (Fsp3) is 0.400. The molecule has 35 heavy (non-hydrogen) atoms. The van der Waals surface area contributed by atoms with Crippen molar-refractivity contribution < 1.29 is 28.4 Å². The molecule has 2 aliphatic heterocycles. The lowest BCUT2D eigenvalue weighted by molar-refractivity contribution is 0.0340. The summed E-state index contributed by atoms with van der Waals surface area (Å²) in [5.74, 6) is 2.10. The molecule has 2 aromatic carbocycles. The molecule has 2 aliphatic rings. The van der Waals surface area contributed by atoms with E-state index in [-0.39, 0.29) is 17.8 Å². The van der Waals surface area contributed by atoms with E-state index in [9.17, 15) is 5.26 Å². The van der Waals surface area contributed by atoms with Crippen LogP contribution in [0.1, 0.15) is 30.0 Å². The molecule has 2 aromatic rings. The first kappa shape index (κ1) is 24.3. The van der Waals surface area contributed by atoms with Crippen LogP contribution in [0, 0.1) is 17.2 Å². The zero-order valence-corrected chi connectivity index (χ0v) is 20.4. The highest BCUT2D eigenvalue weighted by Gasteiger charge is 2.49. The maximum absolute atomic E-state index is 10.1. The van der Waals surface area contributed by atoms with Gasteiger partial charge in [-0.25, -0.2) is 10.9 Å². The molecule has 4 unspecified atom stereocenters. The molecule has 10 heteroatoms.